The molecule has 2 heterocycles. The second-order valence-electron chi connectivity index (χ2n) is 5.88. The van der Waals surface area contributed by atoms with Crippen LogP contribution in [0, 0.1) is 0 Å². The van der Waals surface area contributed by atoms with E-state index in [4.69, 9.17) is 4.99 Å². The summed E-state index contributed by atoms with van der Waals surface area (Å²) in [5.74, 6) is -0.142. The van der Waals surface area contributed by atoms with Gasteiger partial charge in [0.15, 0.2) is 5.78 Å². The second kappa shape index (κ2) is 7.04. The van der Waals surface area contributed by atoms with Crippen molar-refractivity contribution in [1.82, 2.24) is 4.57 Å². The van der Waals surface area contributed by atoms with Crippen LogP contribution < -0.4 is 5.49 Å². The first-order valence-corrected chi connectivity index (χ1v) is 8.84. The average Bonchev–Trinajstić information content (AvgIpc) is 3.06. The molecule has 0 spiro atoms. The average molecular weight is 328 g/mol. The number of aromatic nitrogens is 1. The van der Waals surface area contributed by atoms with Crippen molar-refractivity contribution in [3.63, 3.8) is 0 Å². The summed E-state index contributed by atoms with van der Waals surface area (Å²) in [6.45, 7) is 1.51. The Morgan fingerprint density at radius 3 is 2.52 bits per heavy atom. The number of carbonyl (C=O) groups is 2. The van der Waals surface area contributed by atoms with E-state index < -0.39 is 0 Å². The number of rotatable bonds is 3. The highest BCUT2D eigenvalue weighted by Gasteiger charge is 2.15. The van der Waals surface area contributed by atoms with E-state index in [1.54, 1.807) is 22.9 Å². The van der Waals surface area contributed by atoms with Gasteiger partial charge in [-0.1, -0.05) is 25.3 Å². The molecule has 0 N–H and O–H groups in total. The van der Waals surface area contributed by atoms with Crippen LogP contribution in [0.5, 0.6) is 0 Å². The van der Waals surface area contributed by atoms with Crippen LogP contribution >= 0.6 is 11.3 Å². The van der Waals surface area contributed by atoms with Crippen molar-refractivity contribution in [3.05, 3.63) is 51.8 Å². The maximum Gasteiger partial charge on any atom is 0.273 e. The summed E-state index contributed by atoms with van der Waals surface area (Å²) in [7, 11) is 0. The van der Waals surface area contributed by atoms with Gasteiger partial charge in [0.05, 0.1) is 15.8 Å². The van der Waals surface area contributed by atoms with Crippen LogP contribution in [0.1, 0.15) is 58.4 Å². The lowest BCUT2D eigenvalue weighted by Gasteiger charge is -2.17. The number of nitrogens with zero attached hydrogens (tertiary/aromatic N) is 2. The Bertz CT molecular complexity index is 782. The normalized spacial score (nSPS) is 16.5. The lowest BCUT2D eigenvalue weighted by molar-refractivity contribution is 0.0957. The zero-order valence-corrected chi connectivity index (χ0v) is 14.0. The first-order valence-electron chi connectivity index (χ1n) is 8.02. The highest BCUT2D eigenvalue weighted by Crippen LogP contribution is 2.20. The van der Waals surface area contributed by atoms with Gasteiger partial charge in [0.25, 0.3) is 5.91 Å². The van der Waals surface area contributed by atoms with E-state index in [0.717, 1.165) is 12.8 Å². The van der Waals surface area contributed by atoms with E-state index in [9.17, 15) is 9.59 Å². The molecule has 0 saturated heterocycles. The van der Waals surface area contributed by atoms with Crippen LogP contribution in [0.15, 0.2) is 41.5 Å². The van der Waals surface area contributed by atoms with Crippen molar-refractivity contribution < 1.29 is 9.59 Å². The molecule has 0 aliphatic heterocycles. The molecule has 0 atom stereocenters. The summed E-state index contributed by atoms with van der Waals surface area (Å²) in [5.41, 5.74) is 0.696. The van der Waals surface area contributed by atoms with Crippen LogP contribution in [0.4, 0.5) is 0 Å². The molecular formula is C18H20N2O2S. The Hall–Kier alpha value is -2.01. The van der Waals surface area contributed by atoms with Crippen molar-refractivity contribution in [2.75, 3.05) is 0 Å². The Balaban J connectivity index is 1.94. The van der Waals surface area contributed by atoms with Gasteiger partial charge in [0.2, 0.25) is 0 Å². The Labute approximate surface area is 139 Å². The van der Waals surface area contributed by atoms with Crippen molar-refractivity contribution >= 4 is 23.0 Å². The fraction of sp³-hybridized carbons (Fsp3) is 0.389. The monoisotopic (exact) mass is 328 g/mol. The number of ketones is 1. The van der Waals surface area contributed by atoms with E-state index in [1.165, 1.54) is 37.5 Å². The standard InChI is InChI=1S/C18H20N2O2S/c1-13(21)15-10-11-16(23-15)18(22)20-12-6-5-9-17(20)19-14-7-3-2-4-8-14/h5-6,9-12,14H,2-4,7-8H2,1H3. The first-order chi connectivity index (χ1) is 11.1. The largest absolute Gasteiger partial charge is 0.294 e. The lowest BCUT2D eigenvalue weighted by atomic mass is 9.96. The van der Waals surface area contributed by atoms with Gasteiger partial charge < -0.3 is 0 Å². The maximum absolute atomic E-state index is 12.7. The van der Waals surface area contributed by atoms with Crippen molar-refractivity contribution in [2.45, 2.75) is 45.1 Å². The van der Waals surface area contributed by atoms with Gasteiger partial charge in [-0.25, -0.2) is 0 Å². The first kappa shape index (κ1) is 15.9. The van der Waals surface area contributed by atoms with Crippen molar-refractivity contribution in [3.8, 4) is 0 Å². The molecule has 5 heteroatoms. The molecule has 0 radical (unpaired) electrons. The minimum atomic E-state index is -0.127. The van der Waals surface area contributed by atoms with E-state index in [0.29, 0.717) is 21.3 Å². The molecule has 1 saturated carbocycles. The summed E-state index contributed by atoms with van der Waals surface area (Å²) in [6.07, 6.45) is 7.64. The molecule has 120 valence electrons. The smallest absolute Gasteiger partial charge is 0.273 e. The summed E-state index contributed by atoms with van der Waals surface area (Å²) in [6, 6.07) is 9.35. The zero-order chi connectivity index (χ0) is 16.2. The quantitative estimate of drug-likeness (QED) is 0.807. The molecule has 3 rings (SSSR count). The molecule has 23 heavy (non-hydrogen) atoms. The van der Waals surface area contributed by atoms with Crippen molar-refractivity contribution in [2.24, 2.45) is 4.99 Å². The highest BCUT2D eigenvalue weighted by atomic mass is 32.1. The minimum absolute atomic E-state index is 0.0146. The molecule has 0 amide bonds. The predicted octanol–water partition coefficient (Wildman–Crippen LogP) is 3.67. The Morgan fingerprint density at radius 1 is 1.09 bits per heavy atom. The second-order valence-corrected chi connectivity index (χ2v) is 6.96. The van der Waals surface area contributed by atoms with Crippen LogP contribution in [0.2, 0.25) is 0 Å². The molecule has 1 fully saturated rings. The number of thiophene rings is 1. The van der Waals surface area contributed by atoms with Crippen LogP contribution in [0.3, 0.4) is 0 Å². The van der Waals surface area contributed by atoms with Crippen LogP contribution in [-0.2, 0) is 0 Å². The predicted molar refractivity (Wildman–Crippen MR) is 90.9 cm³/mol. The number of carbonyl (C=O) groups excluding carboxylic acids is 2. The molecule has 1 aliphatic rings. The SMILES string of the molecule is CC(=O)c1ccc(C(=O)n2ccccc2=NC2CCCCC2)s1. The zero-order valence-electron chi connectivity index (χ0n) is 13.2. The van der Waals surface area contributed by atoms with Crippen LogP contribution in [-0.4, -0.2) is 22.3 Å². The number of hydrogen-bond acceptors (Lipinski definition) is 4. The number of Topliss-reactive ketones (excluding diaryl/α,β-unsaturated/α-hetero) is 1. The topological polar surface area (TPSA) is 51.4 Å². The Kier molecular flexibility index (Phi) is 4.86. The van der Waals surface area contributed by atoms with Crippen LogP contribution in [0.25, 0.3) is 0 Å². The third-order valence-corrected chi connectivity index (χ3v) is 5.28. The van der Waals surface area contributed by atoms with Gasteiger partial charge in [-0.15, -0.1) is 11.3 Å². The lowest BCUT2D eigenvalue weighted by Crippen LogP contribution is -2.28. The Morgan fingerprint density at radius 2 is 1.83 bits per heavy atom. The van der Waals surface area contributed by atoms with E-state index >= 15 is 0 Å². The molecular weight excluding hydrogens is 308 g/mol. The van der Waals surface area contributed by atoms with E-state index in [1.807, 2.05) is 18.2 Å². The fourth-order valence-corrected chi connectivity index (χ4v) is 3.71. The highest BCUT2D eigenvalue weighted by molar-refractivity contribution is 7.16. The van der Waals surface area contributed by atoms with Gasteiger partial charge in [0.1, 0.15) is 5.49 Å². The molecule has 2 aromatic heterocycles. The van der Waals surface area contributed by atoms with Crippen molar-refractivity contribution in [1.29, 1.82) is 0 Å². The van der Waals surface area contributed by atoms with E-state index in [2.05, 4.69) is 0 Å². The summed E-state index contributed by atoms with van der Waals surface area (Å²) < 4.78 is 1.59. The molecule has 0 unspecified atom stereocenters. The van der Waals surface area contributed by atoms with Gasteiger partial charge >= 0.3 is 0 Å². The molecule has 4 nitrogen and oxygen atoms in total. The number of pyridine rings is 1. The third-order valence-electron chi connectivity index (χ3n) is 4.11. The minimum Gasteiger partial charge on any atom is -0.294 e. The van der Waals surface area contributed by atoms with Gasteiger partial charge in [-0.3, -0.25) is 19.1 Å². The summed E-state index contributed by atoms with van der Waals surface area (Å²) >= 11 is 1.24. The molecule has 0 bridgehead atoms. The van der Waals surface area contributed by atoms with Gasteiger partial charge in [-0.2, -0.15) is 0 Å². The fourth-order valence-electron chi connectivity index (χ4n) is 2.87. The summed E-state index contributed by atoms with van der Waals surface area (Å²) in [4.78, 5) is 30.1. The summed E-state index contributed by atoms with van der Waals surface area (Å²) in [5, 5.41) is 0. The third kappa shape index (κ3) is 3.67. The van der Waals surface area contributed by atoms with Gasteiger partial charge in [0, 0.05) is 6.20 Å². The number of hydrogen-bond donors (Lipinski definition) is 0. The van der Waals surface area contributed by atoms with E-state index in [-0.39, 0.29) is 11.7 Å². The molecule has 1 aliphatic carbocycles. The van der Waals surface area contributed by atoms with Gasteiger partial charge in [-0.05, 0) is 44.0 Å². The molecule has 0 aromatic carbocycles. The maximum atomic E-state index is 12.7. The molecule has 2 aromatic rings.